The van der Waals surface area contributed by atoms with Gasteiger partial charge in [0.05, 0.1) is 11.8 Å². The number of allylic oxidation sites excluding steroid dienone is 1. The molecule has 0 unspecified atom stereocenters. The Bertz CT molecular complexity index is 654. The summed E-state index contributed by atoms with van der Waals surface area (Å²) in [6.07, 6.45) is 8.61. The van der Waals surface area contributed by atoms with Gasteiger partial charge >= 0.3 is 0 Å². The molecule has 25 heavy (non-hydrogen) atoms. The SMILES string of the molecule is CC(=O)[C@H]1CC[C@H]2[C@@H]3/C(=N/O)C=C4C[C@@H](O)CC[C@]4(C)[C@H]3CC[C@]12C. The number of aliphatic hydroxyl groups excluding tert-OH is 1. The number of oxime groups is 1. The fourth-order valence-electron chi connectivity index (χ4n) is 7.17. The molecule has 3 saturated carbocycles. The summed E-state index contributed by atoms with van der Waals surface area (Å²) in [5.74, 6) is 1.62. The predicted octanol–water partition coefficient (Wildman–Crippen LogP) is 3.96. The van der Waals surface area contributed by atoms with E-state index in [1.54, 1.807) is 6.92 Å². The van der Waals surface area contributed by atoms with Gasteiger partial charge in [0.25, 0.3) is 0 Å². The van der Waals surface area contributed by atoms with Gasteiger partial charge in [-0.2, -0.15) is 0 Å². The summed E-state index contributed by atoms with van der Waals surface area (Å²) >= 11 is 0. The summed E-state index contributed by atoms with van der Waals surface area (Å²) in [6, 6.07) is 0. The molecule has 0 aromatic heterocycles. The Balaban J connectivity index is 1.77. The second kappa shape index (κ2) is 5.67. The van der Waals surface area contributed by atoms with Crippen LogP contribution in [-0.4, -0.2) is 27.9 Å². The topological polar surface area (TPSA) is 69.9 Å². The van der Waals surface area contributed by atoms with Crippen molar-refractivity contribution in [3.8, 4) is 0 Å². The van der Waals surface area contributed by atoms with E-state index in [9.17, 15) is 15.1 Å². The molecule has 0 aromatic carbocycles. The molecule has 4 aliphatic carbocycles. The van der Waals surface area contributed by atoms with Crippen LogP contribution in [-0.2, 0) is 4.79 Å². The molecule has 4 nitrogen and oxygen atoms in total. The molecule has 138 valence electrons. The lowest BCUT2D eigenvalue weighted by Crippen LogP contribution is -2.53. The van der Waals surface area contributed by atoms with E-state index in [0.717, 1.165) is 44.2 Å². The van der Waals surface area contributed by atoms with E-state index in [1.807, 2.05) is 0 Å². The molecule has 0 amide bonds. The highest BCUT2D eigenvalue weighted by molar-refractivity contribution is 5.99. The van der Waals surface area contributed by atoms with Crippen LogP contribution in [0.4, 0.5) is 0 Å². The van der Waals surface area contributed by atoms with E-state index in [4.69, 9.17) is 0 Å². The molecular formula is C21H31NO3. The molecule has 0 saturated heterocycles. The van der Waals surface area contributed by atoms with Gasteiger partial charge in [0.15, 0.2) is 0 Å². The summed E-state index contributed by atoms with van der Waals surface area (Å²) in [4.78, 5) is 12.2. The number of hydrogen-bond donors (Lipinski definition) is 2. The van der Waals surface area contributed by atoms with Gasteiger partial charge in [-0.3, -0.25) is 4.79 Å². The summed E-state index contributed by atoms with van der Waals surface area (Å²) < 4.78 is 0. The zero-order valence-corrected chi connectivity index (χ0v) is 15.7. The number of carbonyl (C=O) groups is 1. The number of fused-ring (bicyclic) bond motifs is 5. The minimum atomic E-state index is -0.266. The fourth-order valence-corrected chi connectivity index (χ4v) is 7.17. The van der Waals surface area contributed by atoms with E-state index in [2.05, 4.69) is 25.1 Å². The molecule has 0 bridgehead atoms. The van der Waals surface area contributed by atoms with Gasteiger partial charge < -0.3 is 10.3 Å². The van der Waals surface area contributed by atoms with E-state index < -0.39 is 0 Å². The number of ketones is 1. The highest BCUT2D eigenvalue weighted by Gasteiger charge is 2.61. The molecule has 0 aliphatic heterocycles. The molecule has 0 radical (unpaired) electrons. The second-order valence-electron chi connectivity index (χ2n) is 9.53. The smallest absolute Gasteiger partial charge is 0.133 e. The molecule has 4 rings (SSSR count). The third-order valence-electron chi connectivity index (χ3n) is 8.54. The number of aliphatic hydroxyl groups is 1. The van der Waals surface area contributed by atoms with E-state index >= 15 is 0 Å². The predicted molar refractivity (Wildman–Crippen MR) is 96.5 cm³/mol. The van der Waals surface area contributed by atoms with Crippen molar-refractivity contribution in [2.45, 2.75) is 71.8 Å². The van der Waals surface area contributed by atoms with E-state index in [0.29, 0.717) is 24.0 Å². The number of carbonyl (C=O) groups excluding carboxylic acids is 1. The first kappa shape index (κ1) is 17.3. The lowest BCUT2D eigenvalue weighted by atomic mass is 9.47. The zero-order valence-electron chi connectivity index (χ0n) is 15.7. The van der Waals surface area contributed by atoms with E-state index in [1.165, 1.54) is 5.57 Å². The van der Waals surface area contributed by atoms with Gasteiger partial charge in [0.1, 0.15) is 5.78 Å². The molecular weight excluding hydrogens is 314 g/mol. The van der Waals surface area contributed by atoms with Crippen molar-refractivity contribution in [2.24, 2.45) is 39.7 Å². The van der Waals surface area contributed by atoms with Crippen molar-refractivity contribution in [3.05, 3.63) is 11.6 Å². The van der Waals surface area contributed by atoms with Crippen molar-refractivity contribution in [2.75, 3.05) is 0 Å². The summed E-state index contributed by atoms with van der Waals surface area (Å²) in [5.41, 5.74) is 2.21. The van der Waals surface area contributed by atoms with Crippen LogP contribution in [0, 0.1) is 34.5 Å². The fraction of sp³-hybridized carbons (Fsp3) is 0.810. The van der Waals surface area contributed by atoms with Crippen LogP contribution in [0.15, 0.2) is 16.8 Å². The van der Waals surface area contributed by atoms with E-state index in [-0.39, 0.29) is 28.8 Å². The first-order chi connectivity index (χ1) is 11.8. The van der Waals surface area contributed by atoms with Crippen LogP contribution < -0.4 is 0 Å². The Morgan fingerprint density at radius 3 is 2.60 bits per heavy atom. The number of rotatable bonds is 1. The first-order valence-corrected chi connectivity index (χ1v) is 9.93. The summed E-state index contributed by atoms with van der Waals surface area (Å²) in [5, 5.41) is 23.6. The van der Waals surface area contributed by atoms with Gasteiger partial charge in [-0.25, -0.2) is 0 Å². The van der Waals surface area contributed by atoms with Gasteiger partial charge in [0.2, 0.25) is 0 Å². The number of Topliss-reactive ketones (excluding diaryl/α,β-unsaturated/α-hetero) is 1. The Hall–Kier alpha value is -1.16. The van der Waals surface area contributed by atoms with Crippen molar-refractivity contribution in [1.29, 1.82) is 0 Å². The van der Waals surface area contributed by atoms with Gasteiger partial charge in [-0.1, -0.05) is 24.6 Å². The largest absolute Gasteiger partial charge is 0.411 e. The maximum absolute atomic E-state index is 12.2. The van der Waals surface area contributed by atoms with Crippen molar-refractivity contribution in [1.82, 2.24) is 0 Å². The molecule has 2 N–H and O–H groups in total. The minimum Gasteiger partial charge on any atom is -0.411 e. The van der Waals surface area contributed by atoms with Crippen molar-refractivity contribution >= 4 is 11.5 Å². The van der Waals surface area contributed by atoms with Crippen LogP contribution in [0.5, 0.6) is 0 Å². The first-order valence-electron chi connectivity index (χ1n) is 9.93. The zero-order chi connectivity index (χ0) is 18.0. The molecule has 0 heterocycles. The molecule has 0 spiro atoms. The lowest BCUT2D eigenvalue weighted by Gasteiger charge is -2.57. The summed E-state index contributed by atoms with van der Waals surface area (Å²) in [7, 11) is 0. The number of nitrogens with zero attached hydrogens (tertiary/aromatic N) is 1. The monoisotopic (exact) mass is 345 g/mol. The molecule has 7 atom stereocenters. The average Bonchev–Trinajstić information content (AvgIpc) is 2.92. The van der Waals surface area contributed by atoms with Crippen molar-refractivity contribution < 1.29 is 15.1 Å². The third-order valence-corrected chi connectivity index (χ3v) is 8.54. The molecule has 0 aromatic rings. The van der Waals surface area contributed by atoms with Gasteiger partial charge in [-0.15, -0.1) is 0 Å². The van der Waals surface area contributed by atoms with Crippen LogP contribution in [0.3, 0.4) is 0 Å². The van der Waals surface area contributed by atoms with Crippen LogP contribution >= 0.6 is 0 Å². The molecule has 3 fully saturated rings. The Kier molecular flexibility index (Phi) is 3.91. The van der Waals surface area contributed by atoms with Crippen LogP contribution in [0.25, 0.3) is 0 Å². The highest BCUT2D eigenvalue weighted by atomic mass is 16.4. The lowest BCUT2D eigenvalue weighted by molar-refractivity contribution is -0.126. The standard InChI is InChI=1S/C21H31NO3/c1-12(23)15-4-5-16-19-17(7-9-21(15,16)3)20(2)8-6-14(24)10-13(20)11-18(19)22-25/h11,14-17,19,24-25H,4-10H2,1-3H3/b22-18+/t14-,15+,16-,17-,19-,20-,21+/m0/s1. The Morgan fingerprint density at radius 2 is 1.92 bits per heavy atom. The third kappa shape index (κ3) is 2.29. The number of hydrogen-bond acceptors (Lipinski definition) is 4. The Labute approximate surface area is 150 Å². The highest BCUT2D eigenvalue weighted by Crippen LogP contribution is 2.65. The molecule has 4 aliphatic rings. The van der Waals surface area contributed by atoms with Crippen LogP contribution in [0.2, 0.25) is 0 Å². The average molecular weight is 345 g/mol. The second-order valence-corrected chi connectivity index (χ2v) is 9.53. The van der Waals surface area contributed by atoms with Gasteiger partial charge in [0, 0.05) is 11.8 Å². The quantitative estimate of drug-likeness (QED) is 0.558. The minimum absolute atomic E-state index is 0.0405. The normalized spacial score (nSPS) is 50.6. The van der Waals surface area contributed by atoms with Crippen LogP contribution in [0.1, 0.15) is 65.7 Å². The summed E-state index contributed by atoms with van der Waals surface area (Å²) in [6.45, 7) is 6.40. The van der Waals surface area contributed by atoms with Gasteiger partial charge in [-0.05, 0) is 80.6 Å². The Morgan fingerprint density at radius 1 is 1.16 bits per heavy atom. The maximum Gasteiger partial charge on any atom is 0.133 e. The maximum atomic E-state index is 12.2. The molecule has 4 heteroatoms. The van der Waals surface area contributed by atoms with Crippen molar-refractivity contribution in [3.63, 3.8) is 0 Å².